The summed E-state index contributed by atoms with van der Waals surface area (Å²) in [5.74, 6) is 0. The quantitative estimate of drug-likeness (QED) is 0.698. The van der Waals surface area contributed by atoms with Crippen molar-refractivity contribution in [2.45, 2.75) is 6.54 Å². The summed E-state index contributed by atoms with van der Waals surface area (Å²) in [4.78, 5) is 10.3. The molecule has 0 aromatic heterocycles. The lowest BCUT2D eigenvalue weighted by atomic mass is 10.00. The van der Waals surface area contributed by atoms with Crippen LogP contribution >= 0.6 is 0 Å². The van der Waals surface area contributed by atoms with Gasteiger partial charge in [-0.2, -0.15) is 0 Å². The average Bonchev–Trinajstić information content (AvgIpc) is 2.61. The molecule has 0 aliphatic rings. The first-order valence-corrected chi connectivity index (χ1v) is 7.28. The first-order valence-electron chi connectivity index (χ1n) is 7.28. The summed E-state index contributed by atoms with van der Waals surface area (Å²) in [6.07, 6.45) is 0.718. The zero-order valence-corrected chi connectivity index (χ0v) is 12.2. The molecule has 2 nitrogen and oxygen atoms in total. The van der Waals surface area contributed by atoms with Gasteiger partial charge in [-0.1, -0.05) is 78.9 Å². The average molecular weight is 287 g/mol. The molecule has 2 heteroatoms. The van der Waals surface area contributed by atoms with E-state index in [-0.39, 0.29) is 0 Å². The number of hydrogen-bond donors (Lipinski definition) is 1. The Morgan fingerprint density at radius 2 is 1.09 bits per heavy atom. The number of nitrogens with one attached hydrogen (secondary N) is 1. The van der Waals surface area contributed by atoms with Crippen molar-refractivity contribution in [2.75, 3.05) is 0 Å². The van der Waals surface area contributed by atoms with Crippen molar-refractivity contribution >= 4 is 6.41 Å². The number of rotatable bonds is 5. The maximum Gasteiger partial charge on any atom is 0.207 e. The summed E-state index contributed by atoms with van der Waals surface area (Å²) in [7, 11) is 0. The van der Waals surface area contributed by atoms with E-state index in [0.717, 1.165) is 12.0 Å². The Labute approximate surface area is 130 Å². The van der Waals surface area contributed by atoms with Crippen molar-refractivity contribution in [1.82, 2.24) is 5.32 Å². The summed E-state index contributed by atoms with van der Waals surface area (Å²) in [5.41, 5.74) is 5.90. The van der Waals surface area contributed by atoms with Crippen molar-refractivity contribution in [2.24, 2.45) is 0 Å². The summed E-state index contributed by atoms with van der Waals surface area (Å²) in [6.45, 7) is 0.566. The molecular formula is C20H17NO. The molecule has 1 amide bonds. The van der Waals surface area contributed by atoms with Gasteiger partial charge in [-0.25, -0.2) is 0 Å². The lowest BCUT2D eigenvalue weighted by Gasteiger charge is -2.06. The van der Waals surface area contributed by atoms with Gasteiger partial charge < -0.3 is 5.32 Å². The number of carbonyl (C=O) groups excluding carboxylic acids is 1. The van der Waals surface area contributed by atoms with E-state index < -0.39 is 0 Å². The smallest absolute Gasteiger partial charge is 0.207 e. The van der Waals surface area contributed by atoms with Gasteiger partial charge in [0.2, 0.25) is 6.41 Å². The zero-order chi connectivity index (χ0) is 15.2. The van der Waals surface area contributed by atoms with Gasteiger partial charge in [0.15, 0.2) is 0 Å². The highest BCUT2D eigenvalue weighted by Gasteiger charge is 2.00. The molecule has 0 unspecified atom stereocenters. The molecule has 0 spiro atoms. The lowest BCUT2D eigenvalue weighted by Crippen LogP contribution is -2.09. The topological polar surface area (TPSA) is 29.1 Å². The van der Waals surface area contributed by atoms with Crippen LogP contribution in [0.5, 0.6) is 0 Å². The molecule has 0 heterocycles. The highest BCUT2D eigenvalue weighted by Crippen LogP contribution is 2.24. The number of carbonyl (C=O) groups is 1. The van der Waals surface area contributed by atoms with Crippen LogP contribution in [0, 0.1) is 0 Å². The molecule has 22 heavy (non-hydrogen) atoms. The van der Waals surface area contributed by atoms with Crippen LogP contribution < -0.4 is 5.32 Å². The van der Waals surface area contributed by atoms with E-state index in [2.05, 4.69) is 66.0 Å². The van der Waals surface area contributed by atoms with Crippen molar-refractivity contribution in [3.8, 4) is 22.3 Å². The molecule has 1 N–H and O–H groups in total. The van der Waals surface area contributed by atoms with E-state index in [1.807, 2.05) is 18.2 Å². The van der Waals surface area contributed by atoms with Crippen molar-refractivity contribution < 1.29 is 4.79 Å². The fraction of sp³-hybridized carbons (Fsp3) is 0.0500. The Morgan fingerprint density at radius 3 is 1.59 bits per heavy atom. The standard InChI is InChI=1S/C20H17NO/c22-15-21-14-16-6-8-18(9-7-16)20-12-10-19(11-13-20)17-4-2-1-3-5-17/h1-13,15H,14H2,(H,21,22). The van der Waals surface area contributed by atoms with E-state index in [1.165, 1.54) is 22.3 Å². The van der Waals surface area contributed by atoms with Crippen LogP contribution in [-0.4, -0.2) is 6.41 Å². The fourth-order valence-electron chi connectivity index (χ4n) is 2.46. The van der Waals surface area contributed by atoms with E-state index in [1.54, 1.807) is 0 Å². The second-order valence-corrected chi connectivity index (χ2v) is 5.14. The van der Waals surface area contributed by atoms with Gasteiger partial charge in [-0.05, 0) is 27.8 Å². The molecule has 0 aliphatic heterocycles. The molecule has 0 aliphatic carbocycles. The molecule has 3 aromatic rings. The van der Waals surface area contributed by atoms with E-state index in [0.29, 0.717) is 6.54 Å². The van der Waals surface area contributed by atoms with Crippen LogP contribution in [0.25, 0.3) is 22.3 Å². The maximum absolute atomic E-state index is 10.3. The highest BCUT2D eigenvalue weighted by atomic mass is 16.1. The minimum absolute atomic E-state index is 0.566. The molecule has 108 valence electrons. The van der Waals surface area contributed by atoms with Gasteiger partial charge in [-0.3, -0.25) is 4.79 Å². The molecule has 0 radical (unpaired) electrons. The normalized spacial score (nSPS) is 10.2. The largest absolute Gasteiger partial charge is 0.355 e. The van der Waals surface area contributed by atoms with Crippen LogP contribution in [0.3, 0.4) is 0 Å². The molecular weight excluding hydrogens is 270 g/mol. The Bertz CT molecular complexity index is 731. The van der Waals surface area contributed by atoms with Gasteiger partial charge in [-0.15, -0.1) is 0 Å². The number of hydrogen-bond acceptors (Lipinski definition) is 1. The Hall–Kier alpha value is -2.87. The Kier molecular flexibility index (Phi) is 4.30. The minimum Gasteiger partial charge on any atom is -0.355 e. The van der Waals surface area contributed by atoms with Crippen LogP contribution in [0.15, 0.2) is 78.9 Å². The van der Waals surface area contributed by atoms with Gasteiger partial charge in [0.25, 0.3) is 0 Å². The summed E-state index contributed by atoms with van der Waals surface area (Å²) in [5, 5.41) is 2.67. The Morgan fingerprint density at radius 1 is 0.636 bits per heavy atom. The maximum atomic E-state index is 10.3. The summed E-state index contributed by atoms with van der Waals surface area (Å²) in [6, 6.07) is 27.2. The molecule has 0 fully saturated rings. The summed E-state index contributed by atoms with van der Waals surface area (Å²) >= 11 is 0. The molecule has 3 rings (SSSR count). The van der Waals surface area contributed by atoms with E-state index in [4.69, 9.17) is 0 Å². The second kappa shape index (κ2) is 6.72. The third-order valence-corrected chi connectivity index (χ3v) is 3.67. The fourth-order valence-corrected chi connectivity index (χ4v) is 2.46. The predicted octanol–water partition coefficient (Wildman–Crippen LogP) is 4.27. The molecule has 3 aromatic carbocycles. The highest BCUT2D eigenvalue weighted by molar-refractivity contribution is 5.70. The van der Waals surface area contributed by atoms with Crippen LogP contribution in [0.4, 0.5) is 0 Å². The van der Waals surface area contributed by atoms with Gasteiger partial charge in [0.1, 0.15) is 0 Å². The molecule has 0 saturated carbocycles. The number of benzene rings is 3. The molecule has 0 saturated heterocycles. The molecule has 0 bridgehead atoms. The van der Waals surface area contributed by atoms with Gasteiger partial charge >= 0.3 is 0 Å². The van der Waals surface area contributed by atoms with Crippen molar-refractivity contribution in [1.29, 1.82) is 0 Å². The first kappa shape index (κ1) is 14.1. The van der Waals surface area contributed by atoms with Gasteiger partial charge in [0.05, 0.1) is 0 Å². The third-order valence-electron chi connectivity index (χ3n) is 3.67. The number of amides is 1. The second-order valence-electron chi connectivity index (χ2n) is 5.14. The van der Waals surface area contributed by atoms with Crippen LogP contribution in [-0.2, 0) is 11.3 Å². The van der Waals surface area contributed by atoms with Crippen molar-refractivity contribution in [3.63, 3.8) is 0 Å². The zero-order valence-electron chi connectivity index (χ0n) is 12.2. The first-order chi connectivity index (χ1) is 10.9. The van der Waals surface area contributed by atoms with E-state index >= 15 is 0 Å². The Balaban J connectivity index is 1.79. The van der Waals surface area contributed by atoms with Gasteiger partial charge in [0, 0.05) is 6.54 Å². The molecule has 0 atom stereocenters. The van der Waals surface area contributed by atoms with Crippen LogP contribution in [0.2, 0.25) is 0 Å². The predicted molar refractivity (Wildman–Crippen MR) is 90.2 cm³/mol. The minimum atomic E-state index is 0.566. The monoisotopic (exact) mass is 287 g/mol. The van der Waals surface area contributed by atoms with Crippen LogP contribution in [0.1, 0.15) is 5.56 Å². The van der Waals surface area contributed by atoms with Crippen molar-refractivity contribution in [3.05, 3.63) is 84.4 Å². The summed E-state index contributed by atoms with van der Waals surface area (Å²) < 4.78 is 0. The lowest BCUT2D eigenvalue weighted by molar-refractivity contribution is -0.109. The third kappa shape index (κ3) is 3.23. The SMILES string of the molecule is O=CNCc1ccc(-c2ccc(-c3ccccc3)cc2)cc1. The van der Waals surface area contributed by atoms with E-state index in [9.17, 15) is 4.79 Å².